The first kappa shape index (κ1) is 10.7. The summed E-state index contributed by atoms with van der Waals surface area (Å²) in [6, 6.07) is -0.820. The van der Waals surface area contributed by atoms with Crippen LogP contribution < -0.4 is 5.73 Å². The second-order valence-corrected chi connectivity index (χ2v) is 3.05. The van der Waals surface area contributed by atoms with Gasteiger partial charge in [0, 0.05) is 5.69 Å². The van der Waals surface area contributed by atoms with Gasteiger partial charge in [-0.3, -0.25) is 0 Å². The quantitative estimate of drug-likeness (QED) is 0.689. The number of nitrogens with one attached hydrogen (secondary N) is 1. The Morgan fingerprint density at radius 1 is 1.71 bits per heavy atom. The molecular formula is C9H15N3O2. The Morgan fingerprint density at radius 2 is 2.36 bits per heavy atom. The third-order valence-corrected chi connectivity index (χ3v) is 2.09. The number of aromatic nitrogens is 2. The van der Waals surface area contributed by atoms with E-state index in [0.29, 0.717) is 5.82 Å². The first-order chi connectivity index (χ1) is 6.60. The normalized spacial score (nSPS) is 12.6. The summed E-state index contributed by atoms with van der Waals surface area (Å²) in [7, 11) is 1.30. The van der Waals surface area contributed by atoms with Gasteiger partial charge in [0.05, 0.1) is 12.8 Å². The molecule has 1 rings (SSSR count). The minimum absolute atomic E-state index is 0.464. The fourth-order valence-corrected chi connectivity index (χ4v) is 1.25. The van der Waals surface area contributed by atoms with E-state index in [1.165, 1.54) is 7.11 Å². The molecule has 3 N–H and O–H groups in total. The molecule has 78 valence electrons. The molecule has 14 heavy (non-hydrogen) atoms. The van der Waals surface area contributed by atoms with E-state index in [4.69, 9.17) is 5.73 Å². The smallest absolute Gasteiger partial charge is 0.330 e. The highest BCUT2D eigenvalue weighted by Crippen LogP contribution is 2.11. The zero-order valence-corrected chi connectivity index (χ0v) is 8.63. The Hall–Kier alpha value is -1.36. The largest absolute Gasteiger partial charge is 0.468 e. The maximum atomic E-state index is 11.1. The van der Waals surface area contributed by atoms with Gasteiger partial charge in [-0.2, -0.15) is 0 Å². The number of esters is 1. The van der Waals surface area contributed by atoms with Crippen LogP contribution in [0.1, 0.15) is 30.2 Å². The first-order valence-electron chi connectivity index (χ1n) is 4.49. The zero-order valence-electron chi connectivity index (χ0n) is 8.63. The van der Waals surface area contributed by atoms with E-state index in [2.05, 4.69) is 14.7 Å². The van der Waals surface area contributed by atoms with Gasteiger partial charge in [0.25, 0.3) is 0 Å². The lowest BCUT2D eigenvalue weighted by atomic mass is 10.3. The lowest BCUT2D eigenvalue weighted by Crippen LogP contribution is -2.23. The Labute approximate surface area is 82.7 Å². The van der Waals surface area contributed by atoms with Crippen molar-refractivity contribution in [3.05, 3.63) is 17.2 Å². The molecule has 0 radical (unpaired) electrons. The van der Waals surface area contributed by atoms with Gasteiger partial charge < -0.3 is 15.5 Å². The second kappa shape index (κ2) is 4.23. The monoisotopic (exact) mass is 197 g/mol. The van der Waals surface area contributed by atoms with Crippen LogP contribution in [0.3, 0.4) is 0 Å². The van der Waals surface area contributed by atoms with Gasteiger partial charge in [-0.1, -0.05) is 6.92 Å². The van der Waals surface area contributed by atoms with E-state index >= 15 is 0 Å². The molecule has 0 aliphatic rings. The highest BCUT2D eigenvalue weighted by Gasteiger charge is 2.20. The number of hydrogen-bond donors (Lipinski definition) is 2. The molecule has 0 amide bonds. The van der Waals surface area contributed by atoms with E-state index in [-0.39, 0.29) is 0 Å². The molecule has 1 aromatic rings. The van der Waals surface area contributed by atoms with Crippen LogP contribution in [-0.2, 0) is 16.0 Å². The minimum atomic E-state index is -0.820. The maximum Gasteiger partial charge on any atom is 0.330 e. The molecule has 0 aromatic carbocycles. The predicted octanol–water partition coefficient (Wildman–Crippen LogP) is 0.453. The maximum absolute atomic E-state index is 11.1. The minimum Gasteiger partial charge on any atom is -0.468 e. The molecule has 0 aliphatic carbocycles. The lowest BCUT2D eigenvalue weighted by Gasteiger charge is -2.04. The summed E-state index contributed by atoms with van der Waals surface area (Å²) in [6.45, 7) is 3.90. The number of imidazole rings is 1. The van der Waals surface area contributed by atoms with Crippen molar-refractivity contribution >= 4 is 5.97 Å². The fraction of sp³-hybridized carbons (Fsp3) is 0.556. The summed E-state index contributed by atoms with van der Waals surface area (Å²) in [5, 5.41) is 0. The Bertz CT molecular complexity index is 333. The topological polar surface area (TPSA) is 81.0 Å². The van der Waals surface area contributed by atoms with Crippen molar-refractivity contribution in [2.24, 2.45) is 5.73 Å². The van der Waals surface area contributed by atoms with Crippen LogP contribution >= 0.6 is 0 Å². The molecule has 5 nitrogen and oxygen atoms in total. The van der Waals surface area contributed by atoms with E-state index in [1.807, 2.05) is 13.8 Å². The average Bonchev–Trinajstić information content (AvgIpc) is 2.57. The highest BCUT2D eigenvalue weighted by atomic mass is 16.5. The van der Waals surface area contributed by atoms with Gasteiger partial charge in [0.15, 0.2) is 6.04 Å². The van der Waals surface area contributed by atoms with Crippen LogP contribution in [-0.4, -0.2) is 23.0 Å². The van der Waals surface area contributed by atoms with Gasteiger partial charge >= 0.3 is 5.97 Å². The van der Waals surface area contributed by atoms with Crippen molar-refractivity contribution < 1.29 is 9.53 Å². The molecule has 1 heterocycles. The van der Waals surface area contributed by atoms with Crippen LogP contribution in [0.4, 0.5) is 0 Å². The van der Waals surface area contributed by atoms with Gasteiger partial charge in [0.2, 0.25) is 0 Å². The molecule has 5 heteroatoms. The molecule has 0 saturated carbocycles. The number of ether oxygens (including phenoxy) is 1. The third-order valence-electron chi connectivity index (χ3n) is 2.09. The molecule has 1 aromatic heterocycles. The van der Waals surface area contributed by atoms with Crippen molar-refractivity contribution in [3.63, 3.8) is 0 Å². The number of carbonyl (C=O) groups excluding carboxylic acids is 1. The summed E-state index contributed by atoms with van der Waals surface area (Å²) in [5.41, 5.74) is 7.49. The number of nitrogens with zero attached hydrogens (tertiary/aromatic N) is 1. The lowest BCUT2D eigenvalue weighted by molar-refractivity contribution is -0.142. The summed E-state index contributed by atoms with van der Waals surface area (Å²) in [5.74, 6) is -0.0207. The highest BCUT2D eigenvalue weighted by molar-refractivity contribution is 5.76. The standard InChI is InChI=1S/C9H15N3O2/c1-4-6-5(2)11-8(12-6)7(10)9(13)14-3/h7H,4,10H2,1-3H3,(H,11,12)/t7-/m0/s1. The number of H-pyrrole nitrogens is 1. The van der Waals surface area contributed by atoms with Gasteiger partial charge in [-0.25, -0.2) is 9.78 Å². The van der Waals surface area contributed by atoms with Crippen molar-refractivity contribution in [2.75, 3.05) is 7.11 Å². The summed E-state index contributed by atoms with van der Waals surface area (Å²) < 4.78 is 4.53. The number of nitrogens with two attached hydrogens (primary N) is 1. The zero-order chi connectivity index (χ0) is 10.7. The molecule has 0 spiro atoms. The molecule has 0 unspecified atom stereocenters. The van der Waals surface area contributed by atoms with Crippen LogP contribution in [0.25, 0.3) is 0 Å². The summed E-state index contributed by atoms with van der Waals surface area (Å²) in [4.78, 5) is 18.3. The van der Waals surface area contributed by atoms with Crippen LogP contribution in [0.5, 0.6) is 0 Å². The van der Waals surface area contributed by atoms with Gasteiger partial charge in [-0.05, 0) is 13.3 Å². The summed E-state index contributed by atoms with van der Waals surface area (Å²) in [6.07, 6.45) is 0.816. The second-order valence-electron chi connectivity index (χ2n) is 3.05. The third kappa shape index (κ3) is 1.93. The van der Waals surface area contributed by atoms with E-state index in [9.17, 15) is 4.79 Å². The van der Waals surface area contributed by atoms with Crippen LogP contribution in [0, 0.1) is 6.92 Å². The fourth-order valence-electron chi connectivity index (χ4n) is 1.25. The first-order valence-corrected chi connectivity index (χ1v) is 4.49. The number of aryl methyl sites for hydroxylation is 2. The SMILES string of the molecule is CCc1nc([C@H](N)C(=O)OC)[nH]c1C. The van der Waals surface area contributed by atoms with Crippen LogP contribution in [0.15, 0.2) is 0 Å². The van der Waals surface area contributed by atoms with Crippen molar-refractivity contribution in [2.45, 2.75) is 26.3 Å². The number of carbonyl (C=O) groups is 1. The van der Waals surface area contributed by atoms with Gasteiger partial charge in [-0.15, -0.1) is 0 Å². The molecule has 1 atom stereocenters. The molecule has 0 bridgehead atoms. The molecule has 0 fully saturated rings. The number of aromatic amines is 1. The van der Waals surface area contributed by atoms with Crippen molar-refractivity contribution in [1.82, 2.24) is 9.97 Å². The summed E-state index contributed by atoms with van der Waals surface area (Å²) >= 11 is 0. The Balaban J connectivity index is 2.90. The Morgan fingerprint density at radius 3 is 2.79 bits per heavy atom. The number of hydrogen-bond acceptors (Lipinski definition) is 4. The van der Waals surface area contributed by atoms with Gasteiger partial charge in [0.1, 0.15) is 5.82 Å². The number of methoxy groups -OCH3 is 1. The number of rotatable bonds is 3. The van der Waals surface area contributed by atoms with Crippen LogP contribution in [0.2, 0.25) is 0 Å². The molecular weight excluding hydrogens is 182 g/mol. The average molecular weight is 197 g/mol. The molecule has 0 saturated heterocycles. The van der Waals surface area contributed by atoms with E-state index < -0.39 is 12.0 Å². The molecule has 0 aliphatic heterocycles. The van der Waals surface area contributed by atoms with Crippen molar-refractivity contribution in [1.29, 1.82) is 0 Å². The Kier molecular flexibility index (Phi) is 3.24. The predicted molar refractivity (Wildman–Crippen MR) is 51.6 cm³/mol. The van der Waals surface area contributed by atoms with E-state index in [0.717, 1.165) is 17.8 Å². The van der Waals surface area contributed by atoms with Crippen molar-refractivity contribution in [3.8, 4) is 0 Å². The van der Waals surface area contributed by atoms with E-state index in [1.54, 1.807) is 0 Å².